The van der Waals surface area contributed by atoms with E-state index in [0.717, 1.165) is 43.2 Å². The second kappa shape index (κ2) is 6.40. The molecule has 5 heteroatoms. The summed E-state index contributed by atoms with van der Waals surface area (Å²) in [4.78, 5) is 11.8. The van der Waals surface area contributed by atoms with Crippen molar-refractivity contribution in [2.24, 2.45) is 0 Å². The molecule has 0 bridgehead atoms. The van der Waals surface area contributed by atoms with Crippen molar-refractivity contribution in [2.75, 3.05) is 19.7 Å². The molecule has 0 unspecified atom stereocenters. The third-order valence-electron chi connectivity index (χ3n) is 4.88. The molecule has 2 aromatic rings. The van der Waals surface area contributed by atoms with Crippen molar-refractivity contribution >= 4 is 6.08 Å². The number of nitrogens with zero attached hydrogens (tertiary/aromatic N) is 3. The molecular formula is C21H25N3O2. The third-order valence-corrected chi connectivity index (χ3v) is 4.88. The van der Waals surface area contributed by atoms with Crippen LogP contribution < -0.4 is 4.74 Å². The lowest BCUT2D eigenvalue weighted by Crippen LogP contribution is -2.34. The van der Waals surface area contributed by atoms with Crippen LogP contribution >= 0.6 is 0 Å². The van der Waals surface area contributed by atoms with Crippen LogP contribution in [0.15, 0.2) is 30.0 Å². The summed E-state index contributed by atoms with van der Waals surface area (Å²) in [5.41, 5.74) is 4.56. The Morgan fingerprint density at radius 1 is 1.27 bits per heavy atom. The fraction of sp³-hybridized carbons (Fsp3) is 0.429. The Kier molecular flexibility index (Phi) is 4.19. The molecule has 0 radical (unpaired) electrons. The first-order chi connectivity index (χ1) is 12.4. The van der Waals surface area contributed by atoms with E-state index in [1.165, 1.54) is 16.8 Å². The number of fused-ring (bicyclic) bond motifs is 2. The zero-order valence-corrected chi connectivity index (χ0v) is 15.6. The Morgan fingerprint density at radius 3 is 2.92 bits per heavy atom. The molecule has 1 N–H and O–H groups in total. The van der Waals surface area contributed by atoms with Gasteiger partial charge < -0.3 is 9.84 Å². The lowest BCUT2D eigenvalue weighted by atomic mass is 9.95. The minimum absolute atomic E-state index is 0.0185. The van der Waals surface area contributed by atoms with E-state index in [-0.39, 0.29) is 11.2 Å². The first-order valence-corrected chi connectivity index (χ1v) is 9.11. The van der Waals surface area contributed by atoms with Crippen LogP contribution in [0.3, 0.4) is 0 Å². The van der Waals surface area contributed by atoms with Crippen LogP contribution in [-0.2, 0) is 18.4 Å². The van der Waals surface area contributed by atoms with Crippen molar-refractivity contribution in [3.8, 4) is 11.5 Å². The average molecular weight is 351 g/mol. The van der Waals surface area contributed by atoms with Gasteiger partial charge in [0.2, 0.25) is 0 Å². The number of hydrogen-bond acceptors (Lipinski definition) is 5. The van der Waals surface area contributed by atoms with E-state index in [0.29, 0.717) is 6.61 Å². The van der Waals surface area contributed by atoms with Gasteiger partial charge in [-0.2, -0.15) is 0 Å². The van der Waals surface area contributed by atoms with Crippen molar-refractivity contribution in [1.29, 1.82) is 0 Å². The molecule has 1 aromatic carbocycles. The molecule has 0 saturated heterocycles. The number of phenols is 1. The Morgan fingerprint density at radius 2 is 2.12 bits per heavy atom. The van der Waals surface area contributed by atoms with Crippen LogP contribution in [-0.4, -0.2) is 39.7 Å². The van der Waals surface area contributed by atoms with E-state index in [1.807, 2.05) is 12.3 Å². The van der Waals surface area contributed by atoms with Gasteiger partial charge in [-0.15, -0.1) is 0 Å². The molecule has 0 fully saturated rings. The first-order valence-electron chi connectivity index (χ1n) is 9.11. The van der Waals surface area contributed by atoms with Crippen LogP contribution in [0.5, 0.6) is 11.5 Å². The van der Waals surface area contributed by atoms with Gasteiger partial charge in [0.05, 0.1) is 0 Å². The lowest BCUT2D eigenvalue weighted by Gasteiger charge is -2.30. The fourth-order valence-corrected chi connectivity index (χ4v) is 3.46. The van der Waals surface area contributed by atoms with Gasteiger partial charge >= 0.3 is 0 Å². The van der Waals surface area contributed by atoms with Crippen LogP contribution in [0.1, 0.15) is 43.4 Å². The topological polar surface area (TPSA) is 58.5 Å². The van der Waals surface area contributed by atoms with Crippen LogP contribution in [0.2, 0.25) is 0 Å². The molecule has 0 saturated carbocycles. The molecule has 136 valence electrons. The van der Waals surface area contributed by atoms with Gasteiger partial charge in [-0.25, -0.2) is 9.97 Å². The minimum atomic E-state index is -0.0185. The number of rotatable bonds is 2. The van der Waals surface area contributed by atoms with Crippen molar-refractivity contribution in [2.45, 2.75) is 39.2 Å². The zero-order chi connectivity index (χ0) is 18.3. The molecule has 3 heterocycles. The summed E-state index contributed by atoms with van der Waals surface area (Å²) in [5, 5.41) is 9.68. The molecule has 0 atom stereocenters. The molecule has 2 aliphatic heterocycles. The minimum Gasteiger partial charge on any atom is -0.508 e. The number of hydrogen-bond donors (Lipinski definition) is 1. The van der Waals surface area contributed by atoms with Crippen LogP contribution in [0.4, 0.5) is 0 Å². The van der Waals surface area contributed by atoms with E-state index in [9.17, 15) is 5.11 Å². The molecule has 2 aliphatic rings. The smallest absolute Gasteiger partial charge is 0.133 e. The van der Waals surface area contributed by atoms with Crippen molar-refractivity contribution in [3.05, 3.63) is 52.6 Å². The van der Waals surface area contributed by atoms with Crippen LogP contribution in [0.25, 0.3) is 6.08 Å². The highest BCUT2D eigenvalue weighted by Crippen LogP contribution is 2.30. The number of ether oxygens (including phenoxy) is 1. The van der Waals surface area contributed by atoms with Gasteiger partial charge in [-0.05, 0) is 29.8 Å². The molecule has 0 amide bonds. The highest BCUT2D eigenvalue weighted by atomic mass is 16.5. The number of aromatic hydroxyl groups is 1. The largest absolute Gasteiger partial charge is 0.508 e. The summed E-state index contributed by atoms with van der Waals surface area (Å²) in [5.74, 6) is 2.02. The van der Waals surface area contributed by atoms with E-state index < -0.39 is 0 Å². The number of aromatic nitrogens is 2. The van der Waals surface area contributed by atoms with Gasteiger partial charge in [0, 0.05) is 54.5 Å². The monoisotopic (exact) mass is 351 g/mol. The number of benzene rings is 1. The fourth-order valence-electron chi connectivity index (χ4n) is 3.46. The van der Waals surface area contributed by atoms with Gasteiger partial charge in [-0.1, -0.05) is 20.8 Å². The highest BCUT2D eigenvalue weighted by Gasteiger charge is 2.24. The standard InChI is InChI=1S/C21H25N3O2/c1-21(2,3)20-22-10-16-12-24(7-6-18(16)23-20)11-14-8-15-9-17(25)4-5-19(15)26-13-14/h4-5,8-10,25H,6-7,11-13H2,1-3H3. The summed E-state index contributed by atoms with van der Waals surface area (Å²) >= 11 is 0. The van der Waals surface area contributed by atoms with Gasteiger partial charge in [0.25, 0.3) is 0 Å². The summed E-state index contributed by atoms with van der Waals surface area (Å²) in [6, 6.07) is 5.23. The first kappa shape index (κ1) is 17.0. The lowest BCUT2D eigenvalue weighted by molar-refractivity contribution is 0.254. The molecule has 4 rings (SSSR count). The third kappa shape index (κ3) is 3.44. The molecular weight excluding hydrogens is 326 g/mol. The van der Waals surface area contributed by atoms with E-state index >= 15 is 0 Å². The second-order valence-corrected chi connectivity index (χ2v) is 8.19. The Balaban J connectivity index is 1.48. The normalized spacial score (nSPS) is 17.1. The second-order valence-electron chi connectivity index (χ2n) is 8.19. The molecule has 0 spiro atoms. The Hall–Kier alpha value is -2.40. The van der Waals surface area contributed by atoms with Crippen LogP contribution in [0, 0.1) is 0 Å². The van der Waals surface area contributed by atoms with E-state index in [4.69, 9.17) is 9.72 Å². The van der Waals surface area contributed by atoms with Crippen molar-refractivity contribution in [1.82, 2.24) is 14.9 Å². The number of phenolic OH excluding ortho intramolecular Hbond substituents is 1. The van der Waals surface area contributed by atoms with Crippen molar-refractivity contribution in [3.63, 3.8) is 0 Å². The summed E-state index contributed by atoms with van der Waals surface area (Å²) in [7, 11) is 0. The van der Waals surface area contributed by atoms with E-state index in [2.05, 4.69) is 36.7 Å². The predicted octanol–water partition coefficient (Wildman–Crippen LogP) is 3.31. The zero-order valence-electron chi connectivity index (χ0n) is 15.6. The van der Waals surface area contributed by atoms with Gasteiger partial charge in [-0.3, -0.25) is 4.90 Å². The maximum atomic E-state index is 9.68. The average Bonchev–Trinajstić information content (AvgIpc) is 2.60. The predicted molar refractivity (Wildman–Crippen MR) is 101 cm³/mol. The summed E-state index contributed by atoms with van der Waals surface area (Å²) < 4.78 is 5.82. The maximum Gasteiger partial charge on any atom is 0.133 e. The SMILES string of the molecule is CC(C)(C)c1ncc2c(n1)CCN(CC1=Cc3cc(O)ccc3OC1)C2. The van der Waals surface area contributed by atoms with Gasteiger partial charge in [0.15, 0.2) is 0 Å². The molecule has 26 heavy (non-hydrogen) atoms. The summed E-state index contributed by atoms with van der Waals surface area (Å²) in [6.07, 6.45) is 5.08. The molecule has 0 aliphatic carbocycles. The maximum absolute atomic E-state index is 9.68. The van der Waals surface area contributed by atoms with Crippen molar-refractivity contribution < 1.29 is 9.84 Å². The molecule has 1 aromatic heterocycles. The van der Waals surface area contributed by atoms with E-state index in [1.54, 1.807) is 12.1 Å². The molecule has 5 nitrogen and oxygen atoms in total. The highest BCUT2D eigenvalue weighted by molar-refractivity contribution is 5.64. The summed E-state index contributed by atoms with van der Waals surface area (Å²) in [6.45, 7) is 9.75. The van der Waals surface area contributed by atoms with Gasteiger partial charge in [0.1, 0.15) is 23.9 Å². The Bertz CT molecular complexity index is 868. The Labute approximate surface area is 154 Å². The quantitative estimate of drug-likeness (QED) is 0.899.